The average molecular weight is 262 g/mol. The Morgan fingerprint density at radius 1 is 1.47 bits per heavy atom. The molecule has 0 spiro atoms. The smallest absolute Gasteiger partial charge is 0.308 e. The van der Waals surface area contributed by atoms with Crippen LogP contribution in [0.25, 0.3) is 0 Å². The van der Waals surface area contributed by atoms with Crippen molar-refractivity contribution in [1.82, 2.24) is 10.3 Å². The molecule has 4 nitrogen and oxygen atoms in total. The normalized spacial score (nSPS) is 23.0. The zero-order chi connectivity index (χ0) is 13.5. The number of carbonyl (C=O) groups is 1. The van der Waals surface area contributed by atoms with Gasteiger partial charge in [0.2, 0.25) is 0 Å². The van der Waals surface area contributed by atoms with E-state index in [2.05, 4.69) is 10.3 Å². The number of nitrogens with one attached hydrogen (secondary N) is 1. The van der Waals surface area contributed by atoms with E-state index in [-0.39, 0.29) is 11.9 Å². The van der Waals surface area contributed by atoms with Crippen molar-refractivity contribution in [3.05, 3.63) is 30.1 Å². The van der Waals surface area contributed by atoms with Crippen LogP contribution < -0.4 is 5.32 Å². The number of nitrogens with zero attached hydrogens (tertiary/aromatic N) is 1. The Labute approximate surface area is 114 Å². The lowest BCUT2D eigenvalue weighted by atomic mass is 9.85. The van der Waals surface area contributed by atoms with Gasteiger partial charge in [-0.3, -0.25) is 9.78 Å². The predicted molar refractivity (Wildman–Crippen MR) is 73.5 cm³/mol. The van der Waals surface area contributed by atoms with Crippen molar-refractivity contribution < 1.29 is 9.53 Å². The molecule has 0 radical (unpaired) electrons. The molecule has 0 aromatic carbocycles. The molecule has 104 valence electrons. The third kappa shape index (κ3) is 4.31. The summed E-state index contributed by atoms with van der Waals surface area (Å²) in [6, 6.07) is 6.32. The van der Waals surface area contributed by atoms with Crippen molar-refractivity contribution >= 4 is 5.97 Å². The fraction of sp³-hybridized carbons (Fsp3) is 0.600. The van der Waals surface area contributed by atoms with Gasteiger partial charge >= 0.3 is 5.97 Å². The molecule has 1 N–H and O–H groups in total. The van der Waals surface area contributed by atoms with Gasteiger partial charge in [-0.05, 0) is 38.3 Å². The number of rotatable bonds is 5. The third-order valence-corrected chi connectivity index (χ3v) is 3.59. The Hall–Kier alpha value is -1.42. The monoisotopic (exact) mass is 262 g/mol. The van der Waals surface area contributed by atoms with Crippen LogP contribution in [0.3, 0.4) is 0 Å². The molecule has 2 atom stereocenters. The molecule has 2 unspecified atom stereocenters. The van der Waals surface area contributed by atoms with Crippen molar-refractivity contribution in [2.75, 3.05) is 6.61 Å². The molecule has 1 saturated carbocycles. The highest BCUT2D eigenvalue weighted by atomic mass is 16.5. The number of hydrogen-bond donors (Lipinski definition) is 1. The molecule has 1 aliphatic carbocycles. The first-order chi connectivity index (χ1) is 9.29. The molecule has 1 heterocycles. The second kappa shape index (κ2) is 7.24. The van der Waals surface area contributed by atoms with Crippen LogP contribution in [0.15, 0.2) is 24.4 Å². The second-order valence-electron chi connectivity index (χ2n) is 5.01. The summed E-state index contributed by atoms with van der Waals surface area (Å²) in [4.78, 5) is 16.0. The van der Waals surface area contributed by atoms with E-state index in [0.29, 0.717) is 12.6 Å². The first kappa shape index (κ1) is 14.0. The maximum Gasteiger partial charge on any atom is 0.308 e. The summed E-state index contributed by atoms with van der Waals surface area (Å²) < 4.78 is 5.11. The molecule has 1 fully saturated rings. The van der Waals surface area contributed by atoms with E-state index in [0.717, 1.165) is 37.9 Å². The van der Waals surface area contributed by atoms with Crippen LogP contribution in [-0.4, -0.2) is 23.6 Å². The molecule has 1 aliphatic rings. The molecule has 0 aliphatic heterocycles. The molecule has 0 saturated heterocycles. The lowest BCUT2D eigenvalue weighted by Crippen LogP contribution is -2.36. The van der Waals surface area contributed by atoms with Crippen molar-refractivity contribution in [1.29, 1.82) is 0 Å². The molecule has 19 heavy (non-hydrogen) atoms. The molecule has 0 bridgehead atoms. The van der Waals surface area contributed by atoms with E-state index < -0.39 is 0 Å². The fourth-order valence-corrected chi connectivity index (χ4v) is 2.60. The Morgan fingerprint density at radius 3 is 3.11 bits per heavy atom. The standard InChI is InChI=1S/C15H22N2O2/c1-2-19-15(18)12-6-5-8-13(10-12)17-11-14-7-3-4-9-16-14/h3-4,7,9,12-13,17H,2,5-6,8,10-11H2,1H3. The van der Waals surface area contributed by atoms with Crippen molar-refractivity contribution in [3.63, 3.8) is 0 Å². The molecule has 4 heteroatoms. The Morgan fingerprint density at radius 2 is 2.37 bits per heavy atom. The summed E-state index contributed by atoms with van der Waals surface area (Å²) in [6.45, 7) is 3.10. The highest BCUT2D eigenvalue weighted by Crippen LogP contribution is 2.25. The van der Waals surface area contributed by atoms with E-state index in [4.69, 9.17) is 4.74 Å². The lowest BCUT2D eigenvalue weighted by molar-refractivity contribution is -0.149. The van der Waals surface area contributed by atoms with Gasteiger partial charge in [0.1, 0.15) is 0 Å². The average Bonchev–Trinajstić information content (AvgIpc) is 2.47. The molecule has 2 rings (SSSR count). The second-order valence-corrected chi connectivity index (χ2v) is 5.01. The molecular formula is C15H22N2O2. The van der Waals surface area contributed by atoms with E-state index in [1.54, 1.807) is 6.20 Å². The highest BCUT2D eigenvalue weighted by molar-refractivity contribution is 5.72. The van der Waals surface area contributed by atoms with Crippen LogP contribution in [0.2, 0.25) is 0 Å². The SMILES string of the molecule is CCOC(=O)C1CCCC(NCc2ccccn2)C1. The van der Waals surface area contributed by atoms with Crippen molar-refractivity contribution in [2.24, 2.45) is 5.92 Å². The quantitative estimate of drug-likeness (QED) is 0.827. The number of carbonyl (C=O) groups excluding carboxylic acids is 1. The Bertz CT molecular complexity index is 394. The van der Waals surface area contributed by atoms with Gasteiger partial charge in [-0.15, -0.1) is 0 Å². The van der Waals surface area contributed by atoms with E-state index in [1.807, 2.05) is 25.1 Å². The van der Waals surface area contributed by atoms with Crippen LogP contribution in [0.1, 0.15) is 38.3 Å². The fourth-order valence-electron chi connectivity index (χ4n) is 2.60. The van der Waals surface area contributed by atoms with Gasteiger partial charge in [0, 0.05) is 18.8 Å². The van der Waals surface area contributed by atoms with Gasteiger partial charge in [0.15, 0.2) is 0 Å². The van der Waals surface area contributed by atoms with Crippen LogP contribution in [0.5, 0.6) is 0 Å². The van der Waals surface area contributed by atoms with E-state index in [1.165, 1.54) is 0 Å². The molecule has 0 amide bonds. The topological polar surface area (TPSA) is 51.2 Å². The number of aromatic nitrogens is 1. The summed E-state index contributed by atoms with van der Waals surface area (Å²) in [5.74, 6) is 0.0294. The minimum absolute atomic E-state index is 0.0353. The minimum Gasteiger partial charge on any atom is -0.466 e. The summed E-state index contributed by atoms with van der Waals surface area (Å²) in [6.07, 6.45) is 5.86. The number of pyridine rings is 1. The van der Waals surface area contributed by atoms with Gasteiger partial charge in [-0.25, -0.2) is 0 Å². The maximum atomic E-state index is 11.8. The highest BCUT2D eigenvalue weighted by Gasteiger charge is 2.27. The maximum absolute atomic E-state index is 11.8. The lowest BCUT2D eigenvalue weighted by Gasteiger charge is -2.28. The first-order valence-electron chi connectivity index (χ1n) is 7.09. The van der Waals surface area contributed by atoms with Crippen LogP contribution >= 0.6 is 0 Å². The molecule has 1 aromatic rings. The van der Waals surface area contributed by atoms with Gasteiger partial charge in [0.05, 0.1) is 18.2 Å². The Balaban J connectivity index is 1.79. The zero-order valence-corrected chi connectivity index (χ0v) is 11.5. The van der Waals surface area contributed by atoms with Gasteiger partial charge in [-0.2, -0.15) is 0 Å². The van der Waals surface area contributed by atoms with Gasteiger partial charge in [0.25, 0.3) is 0 Å². The minimum atomic E-state index is -0.0353. The largest absolute Gasteiger partial charge is 0.466 e. The summed E-state index contributed by atoms with van der Waals surface area (Å²) in [5.41, 5.74) is 1.04. The summed E-state index contributed by atoms with van der Waals surface area (Å²) >= 11 is 0. The zero-order valence-electron chi connectivity index (χ0n) is 11.5. The predicted octanol–water partition coefficient (Wildman–Crippen LogP) is 2.29. The van der Waals surface area contributed by atoms with E-state index in [9.17, 15) is 4.79 Å². The number of ether oxygens (including phenoxy) is 1. The van der Waals surface area contributed by atoms with E-state index >= 15 is 0 Å². The number of hydrogen-bond acceptors (Lipinski definition) is 4. The van der Waals surface area contributed by atoms with Gasteiger partial charge in [-0.1, -0.05) is 12.5 Å². The Kier molecular flexibility index (Phi) is 5.33. The third-order valence-electron chi connectivity index (χ3n) is 3.59. The summed E-state index contributed by atoms with van der Waals surface area (Å²) in [7, 11) is 0. The van der Waals surface area contributed by atoms with Gasteiger partial charge < -0.3 is 10.1 Å². The van der Waals surface area contributed by atoms with Crippen LogP contribution in [0.4, 0.5) is 0 Å². The molecular weight excluding hydrogens is 240 g/mol. The molecule has 1 aromatic heterocycles. The van der Waals surface area contributed by atoms with Crippen LogP contribution in [-0.2, 0) is 16.1 Å². The van der Waals surface area contributed by atoms with Crippen LogP contribution in [0, 0.1) is 5.92 Å². The number of esters is 1. The van der Waals surface area contributed by atoms with Crippen molar-refractivity contribution in [3.8, 4) is 0 Å². The van der Waals surface area contributed by atoms with Crippen molar-refractivity contribution in [2.45, 2.75) is 45.2 Å². The summed E-state index contributed by atoms with van der Waals surface area (Å²) in [5, 5.41) is 3.49. The first-order valence-corrected chi connectivity index (χ1v) is 7.09.